The second-order valence-electron chi connectivity index (χ2n) is 7.06. The van der Waals surface area contributed by atoms with Crippen molar-refractivity contribution in [3.8, 4) is 28.7 Å². The molecule has 0 atom stereocenters. The van der Waals surface area contributed by atoms with Gasteiger partial charge in [-0.2, -0.15) is 5.10 Å². The first-order valence-corrected chi connectivity index (χ1v) is 10.6. The van der Waals surface area contributed by atoms with E-state index in [2.05, 4.69) is 10.5 Å². The summed E-state index contributed by atoms with van der Waals surface area (Å²) < 4.78 is 40.4. The SMILES string of the molecule is CCOc1cc(/C=N/NC(=O)c2ccc3c(c2)OCO3)ccc1OCCOc1ccc(F)cc1. The van der Waals surface area contributed by atoms with Crippen molar-refractivity contribution in [1.29, 1.82) is 0 Å². The van der Waals surface area contributed by atoms with Crippen molar-refractivity contribution in [2.45, 2.75) is 6.92 Å². The number of nitrogens with zero attached hydrogens (tertiary/aromatic N) is 1. The molecule has 0 saturated carbocycles. The number of rotatable bonds is 10. The van der Waals surface area contributed by atoms with Gasteiger partial charge in [-0.3, -0.25) is 4.79 Å². The fraction of sp³-hybridized carbons (Fsp3) is 0.200. The standard InChI is InChI=1S/C25H23FN2O6/c1-2-30-23-13-17(3-9-21(23)32-12-11-31-20-7-5-19(26)6-8-20)15-27-28-25(29)18-4-10-22-24(14-18)34-16-33-22/h3-10,13-15H,2,11-12,16H2,1H3,(H,28,29)/b27-15+. The van der Waals surface area contributed by atoms with Crippen LogP contribution in [0, 0.1) is 5.82 Å². The first-order valence-electron chi connectivity index (χ1n) is 10.6. The average molecular weight is 466 g/mol. The number of carbonyl (C=O) groups excluding carboxylic acids is 1. The van der Waals surface area contributed by atoms with Gasteiger partial charge in [-0.25, -0.2) is 9.82 Å². The zero-order chi connectivity index (χ0) is 23.8. The Morgan fingerprint density at radius 3 is 2.59 bits per heavy atom. The van der Waals surface area contributed by atoms with Crippen molar-refractivity contribution in [1.82, 2.24) is 5.43 Å². The number of nitrogens with one attached hydrogen (secondary N) is 1. The third kappa shape index (κ3) is 5.94. The lowest BCUT2D eigenvalue weighted by atomic mass is 10.2. The van der Waals surface area contributed by atoms with Crippen molar-refractivity contribution in [3.63, 3.8) is 0 Å². The Morgan fingerprint density at radius 2 is 1.76 bits per heavy atom. The number of benzene rings is 3. The molecule has 3 aromatic rings. The van der Waals surface area contributed by atoms with E-state index in [1.165, 1.54) is 18.3 Å². The molecule has 1 N–H and O–H groups in total. The van der Waals surface area contributed by atoms with Crippen LogP contribution in [0.1, 0.15) is 22.8 Å². The van der Waals surface area contributed by atoms with E-state index in [4.69, 9.17) is 23.7 Å². The van der Waals surface area contributed by atoms with Crippen LogP contribution in [-0.4, -0.2) is 38.7 Å². The number of hydrogen-bond donors (Lipinski definition) is 1. The first kappa shape index (κ1) is 22.9. The monoisotopic (exact) mass is 466 g/mol. The van der Waals surface area contributed by atoms with Crippen LogP contribution >= 0.6 is 0 Å². The molecule has 0 saturated heterocycles. The van der Waals surface area contributed by atoms with Gasteiger partial charge in [-0.15, -0.1) is 0 Å². The maximum atomic E-state index is 13.0. The minimum Gasteiger partial charge on any atom is -0.490 e. The quantitative estimate of drug-likeness (QED) is 0.274. The normalized spacial score (nSPS) is 11.9. The highest BCUT2D eigenvalue weighted by atomic mass is 19.1. The molecular formula is C25H23FN2O6. The molecule has 1 aliphatic heterocycles. The lowest BCUT2D eigenvalue weighted by molar-refractivity contribution is 0.0954. The maximum Gasteiger partial charge on any atom is 0.271 e. The van der Waals surface area contributed by atoms with Gasteiger partial charge in [-0.1, -0.05) is 0 Å². The van der Waals surface area contributed by atoms with E-state index in [-0.39, 0.29) is 31.7 Å². The molecule has 3 aromatic carbocycles. The van der Waals surface area contributed by atoms with Crippen molar-refractivity contribution >= 4 is 12.1 Å². The predicted molar refractivity (Wildman–Crippen MR) is 123 cm³/mol. The molecule has 1 heterocycles. The van der Waals surface area contributed by atoms with Crippen LogP contribution in [0.5, 0.6) is 28.7 Å². The maximum absolute atomic E-state index is 13.0. The number of fused-ring (bicyclic) bond motifs is 1. The van der Waals surface area contributed by atoms with Crippen LogP contribution in [-0.2, 0) is 0 Å². The second-order valence-corrected chi connectivity index (χ2v) is 7.06. The summed E-state index contributed by atoms with van der Waals surface area (Å²) in [6.07, 6.45) is 1.51. The highest BCUT2D eigenvalue weighted by Crippen LogP contribution is 2.32. The number of carbonyl (C=O) groups is 1. The van der Waals surface area contributed by atoms with Crippen molar-refractivity contribution < 1.29 is 32.9 Å². The van der Waals surface area contributed by atoms with Crippen molar-refractivity contribution in [2.75, 3.05) is 26.6 Å². The summed E-state index contributed by atoms with van der Waals surface area (Å²) in [5.74, 6) is 2.08. The van der Waals surface area contributed by atoms with Crippen LogP contribution < -0.4 is 29.1 Å². The smallest absolute Gasteiger partial charge is 0.271 e. The van der Waals surface area contributed by atoms with Gasteiger partial charge in [-0.05, 0) is 73.2 Å². The van der Waals surface area contributed by atoms with Crippen LogP contribution in [0.25, 0.3) is 0 Å². The molecule has 0 radical (unpaired) electrons. The fourth-order valence-corrected chi connectivity index (χ4v) is 3.10. The molecule has 0 fully saturated rings. The van der Waals surface area contributed by atoms with E-state index in [1.807, 2.05) is 6.92 Å². The van der Waals surface area contributed by atoms with E-state index < -0.39 is 0 Å². The number of ether oxygens (including phenoxy) is 5. The molecule has 176 valence electrons. The minimum absolute atomic E-state index is 0.141. The van der Waals surface area contributed by atoms with Crippen LogP contribution in [0.3, 0.4) is 0 Å². The Hall–Kier alpha value is -4.27. The van der Waals surface area contributed by atoms with E-state index in [1.54, 1.807) is 48.5 Å². The summed E-state index contributed by atoms with van der Waals surface area (Å²) in [5.41, 5.74) is 3.61. The van der Waals surface area contributed by atoms with E-state index in [0.29, 0.717) is 46.5 Å². The van der Waals surface area contributed by atoms with Crippen molar-refractivity contribution in [2.24, 2.45) is 5.10 Å². The molecule has 8 nitrogen and oxygen atoms in total. The molecule has 0 unspecified atom stereocenters. The molecule has 0 bridgehead atoms. The molecule has 1 amide bonds. The highest BCUT2D eigenvalue weighted by Gasteiger charge is 2.16. The molecule has 4 rings (SSSR count). The fourth-order valence-electron chi connectivity index (χ4n) is 3.10. The van der Waals surface area contributed by atoms with E-state index in [9.17, 15) is 9.18 Å². The zero-order valence-corrected chi connectivity index (χ0v) is 18.5. The number of hydrazone groups is 1. The van der Waals surface area contributed by atoms with Gasteiger partial charge in [0.15, 0.2) is 23.0 Å². The Balaban J connectivity index is 1.31. The van der Waals surface area contributed by atoms with E-state index in [0.717, 1.165) is 0 Å². The largest absolute Gasteiger partial charge is 0.490 e. The Labute approximate surface area is 195 Å². The topological polar surface area (TPSA) is 87.6 Å². The zero-order valence-electron chi connectivity index (χ0n) is 18.5. The van der Waals surface area contributed by atoms with Gasteiger partial charge in [0.2, 0.25) is 6.79 Å². The summed E-state index contributed by atoms with van der Waals surface area (Å²) in [6, 6.07) is 16.0. The number of hydrogen-bond acceptors (Lipinski definition) is 7. The Bertz CT molecular complexity index is 1170. The first-order chi connectivity index (χ1) is 16.6. The third-order valence-corrected chi connectivity index (χ3v) is 4.71. The molecule has 34 heavy (non-hydrogen) atoms. The predicted octanol–water partition coefficient (Wildman–Crippen LogP) is 4.17. The lowest BCUT2D eigenvalue weighted by Gasteiger charge is -2.13. The Morgan fingerprint density at radius 1 is 0.971 bits per heavy atom. The van der Waals surface area contributed by atoms with Gasteiger partial charge in [0.05, 0.1) is 12.8 Å². The van der Waals surface area contributed by atoms with E-state index >= 15 is 0 Å². The summed E-state index contributed by atoms with van der Waals surface area (Å²) >= 11 is 0. The third-order valence-electron chi connectivity index (χ3n) is 4.71. The van der Waals surface area contributed by atoms with Gasteiger partial charge >= 0.3 is 0 Å². The number of amides is 1. The van der Waals surface area contributed by atoms with Crippen LogP contribution in [0.4, 0.5) is 4.39 Å². The summed E-state index contributed by atoms with van der Waals surface area (Å²) in [4.78, 5) is 12.3. The van der Waals surface area contributed by atoms with Gasteiger partial charge in [0.1, 0.15) is 24.8 Å². The summed E-state index contributed by atoms with van der Waals surface area (Å²) in [7, 11) is 0. The summed E-state index contributed by atoms with van der Waals surface area (Å²) in [6.45, 7) is 3.02. The lowest BCUT2D eigenvalue weighted by Crippen LogP contribution is -2.17. The van der Waals surface area contributed by atoms with Gasteiger partial charge in [0.25, 0.3) is 5.91 Å². The molecule has 0 spiro atoms. The Kier molecular flexibility index (Phi) is 7.44. The average Bonchev–Trinajstić information content (AvgIpc) is 3.32. The summed E-state index contributed by atoms with van der Waals surface area (Å²) in [5, 5.41) is 4.02. The molecule has 0 aromatic heterocycles. The molecule has 0 aliphatic carbocycles. The number of halogens is 1. The van der Waals surface area contributed by atoms with Gasteiger partial charge < -0.3 is 23.7 Å². The van der Waals surface area contributed by atoms with Crippen LogP contribution in [0.15, 0.2) is 65.8 Å². The van der Waals surface area contributed by atoms with Gasteiger partial charge in [0, 0.05) is 5.56 Å². The highest BCUT2D eigenvalue weighted by molar-refractivity contribution is 5.95. The van der Waals surface area contributed by atoms with Crippen LogP contribution in [0.2, 0.25) is 0 Å². The second kappa shape index (κ2) is 11.0. The molecule has 1 aliphatic rings. The van der Waals surface area contributed by atoms with Crippen molar-refractivity contribution in [3.05, 3.63) is 77.6 Å². The molecule has 9 heteroatoms. The minimum atomic E-state index is -0.374. The molecular weight excluding hydrogens is 443 g/mol.